The number of hydrogen-bond acceptors (Lipinski definition) is 5. The monoisotopic (exact) mass is 389 g/mol. The van der Waals surface area contributed by atoms with Gasteiger partial charge in [-0.05, 0) is 36.4 Å². The van der Waals surface area contributed by atoms with Crippen LogP contribution in [0.3, 0.4) is 0 Å². The van der Waals surface area contributed by atoms with Gasteiger partial charge < -0.3 is 9.80 Å². The first-order valence-electron chi connectivity index (χ1n) is 8.66. The summed E-state index contributed by atoms with van der Waals surface area (Å²) in [6.07, 6.45) is 0. The van der Waals surface area contributed by atoms with Crippen LogP contribution in [-0.2, 0) is 14.9 Å². The van der Waals surface area contributed by atoms with Crippen molar-refractivity contribution in [2.24, 2.45) is 0 Å². The van der Waals surface area contributed by atoms with Crippen molar-refractivity contribution in [3.8, 4) is 0 Å². The fraction of sp³-hybridized carbons (Fsp3) is 0.316. The Morgan fingerprint density at radius 3 is 2.11 bits per heavy atom. The molecule has 8 heteroatoms. The van der Waals surface area contributed by atoms with E-state index in [0.29, 0.717) is 18.7 Å². The van der Waals surface area contributed by atoms with Crippen molar-refractivity contribution in [1.29, 1.82) is 0 Å². The topological polar surface area (TPSA) is 70.2 Å². The van der Waals surface area contributed by atoms with Gasteiger partial charge in [0, 0.05) is 44.5 Å². The molecule has 0 spiro atoms. The van der Waals surface area contributed by atoms with Gasteiger partial charge in [0.15, 0.2) is 0 Å². The number of sulfonamides is 1. The SMILES string of the molecule is CON(C)S(=O)(=O)c1ccc(C(=O)N2CCN(c3ccccc3)CC2)cc1. The Hall–Kier alpha value is -2.42. The number of para-hydroxylation sites is 1. The molecule has 1 fully saturated rings. The van der Waals surface area contributed by atoms with E-state index in [2.05, 4.69) is 17.0 Å². The van der Waals surface area contributed by atoms with Crippen molar-refractivity contribution in [3.05, 3.63) is 60.2 Å². The van der Waals surface area contributed by atoms with Crippen LogP contribution in [0, 0.1) is 0 Å². The third kappa shape index (κ3) is 4.13. The maximum absolute atomic E-state index is 12.7. The predicted molar refractivity (Wildman–Crippen MR) is 103 cm³/mol. The fourth-order valence-electron chi connectivity index (χ4n) is 3.01. The summed E-state index contributed by atoms with van der Waals surface area (Å²) in [5.74, 6) is -0.0910. The van der Waals surface area contributed by atoms with Gasteiger partial charge in [0.25, 0.3) is 15.9 Å². The Bertz CT molecular complexity index is 877. The van der Waals surface area contributed by atoms with E-state index >= 15 is 0 Å². The lowest BCUT2D eigenvalue weighted by molar-refractivity contribution is -0.0258. The third-order valence-corrected chi connectivity index (χ3v) is 6.38. The molecule has 0 saturated carbocycles. The molecule has 2 aromatic rings. The highest BCUT2D eigenvalue weighted by Gasteiger charge is 2.24. The first kappa shape index (κ1) is 19.3. The average Bonchev–Trinajstić information content (AvgIpc) is 2.73. The standard InChI is InChI=1S/C19H23N3O4S/c1-20(26-2)27(24,25)18-10-8-16(9-11-18)19(23)22-14-12-21(13-15-22)17-6-4-3-5-7-17/h3-11H,12-15H2,1-2H3. The molecular weight excluding hydrogens is 366 g/mol. The molecule has 0 aliphatic carbocycles. The lowest BCUT2D eigenvalue weighted by atomic mass is 10.1. The number of anilines is 1. The average molecular weight is 389 g/mol. The Morgan fingerprint density at radius 2 is 1.56 bits per heavy atom. The van der Waals surface area contributed by atoms with Crippen molar-refractivity contribution in [3.63, 3.8) is 0 Å². The lowest BCUT2D eigenvalue weighted by Gasteiger charge is -2.36. The van der Waals surface area contributed by atoms with Crippen molar-refractivity contribution in [1.82, 2.24) is 9.37 Å². The summed E-state index contributed by atoms with van der Waals surface area (Å²) in [6, 6.07) is 16.1. The molecule has 1 saturated heterocycles. The van der Waals surface area contributed by atoms with Gasteiger partial charge >= 0.3 is 0 Å². The van der Waals surface area contributed by atoms with Crippen molar-refractivity contribution >= 4 is 21.6 Å². The first-order valence-corrected chi connectivity index (χ1v) is 10.1. The number of carbonyl (C=O) groups is 1. The van der Waals surface area contributed by atoms with Gasteiger partial charge in [-0.15, -0.1) is 0 Å². The Balaban J connectivity index is 1.65. The molecule has 0 unspecified atom stereocenters. The maximum Gasteiger partial charge on any atom is 0.264 e. The summed E-state index contributed by atoms with van der Waals surface area (Å²) < 4.78 is 25.2. The fourth-order valence-corrected chi connectivity index (χ4v) is 3.98. The molecule has 3 rings (SSSR count). The van der Waals surface area contributed by atoms with Crippen molar-refractivity contribution in [2.75, 3.05) is 45.2 Å². The largest absolute Gasteiger partial charge is 0.368 e. The van der Waals surface area contributed by atoms with E-state index in [4.69, 9.17) is 4.84 Å². The summed E-state index contributed by atoms with van der Waals surface area (Å²) in [5, 5.41) is 0. The Labute approximate surface area is 159 Å². The number of hydroxylamine groups is 1. The summed E-state index contributed by atoms with van der Waals surface area (Å²) in [4.78, 5) is 21.6. The summed E-state index contributed by atoms with van der Waals surface area (Å²) in [5.41, 5.74) is 1.63. The second-order valence-electron chi connectivity index (χ2n) is 6.24. The van der Waals surface area contributed by atoms with Crippen LogP contribution in [0.1, 0.15) is 10.4 Å². The summed E-state index contributed by atoms with van der Waals surface area (Å²) in [6.45, 7) is 2.78. The molecule has 0 bridgehead atoms. The number of carbonyl (C=O) groups excluding carboxylic acids is 1. The quantitative estimate of drug-likeness (QED) is 0.730. The van der Waals surface area contributed by atoms with Crippen LogP contribution in [0.5, 0.6) is 0 Å². The summed E-state index contributed by atoms with van der Waals surface area (Å²) in [7, 11) is -1.11. The molecule has 1 heterocycles. The number of hydrogen-bond donors (Lipinski definition) is 0. The predicted octanol–water partition coefficient (Wildman–Crippen LogP) is 1.83. The molecule has 0 aromatic heterocycles. The second-order valence-corrected chi connectivity index (χ2v) is 8.17. The molecular formula is C19H23N3O4S. The zero-order valence-electron chi connectivity index (χ0n) is 15.4. The molecule has 1 aliphatic rings. The normalized spacial score (nSPS) is 15.2. The Morgan fingerprint density at radius 1 is 0.963 bits per heavy atom. The van der Waals surface area contributed by atoms with Gasteiger partial charge in [-0.25, -0.2) is 8.42 Å². The van der Waals surface area contributed by atoms with Crippen molar-refractivity contribution < 1.29 is 18.0 Å². The van der Waals surface area contributed by atoms with Gasteiger partial charge in [-0.1, -0.05) is 22.7 Å². The lowest BCUT2D eigenvalue weighted by Crippen LogP contribution is -2.48. The zero-order valence-corrected chi connectivity index (χ0v) is 16.2. The number of benzene rings is 2. The van der Waals surface area contributed by atoms with Crippen LogP contribution in [0.4, 0.5) is 5.69 Å². The van der Waals surface area contributed by atoms with Crippen LogP contribution >= 0.6 is 0 Å². The van der Waals surface area contributed by atoms with Crippen LogP contribution in [0.15, 0.2) is 59.5 Å². The zero-order chi connectivity index (χ0) is 19.4. The van der Waals surface area contributed by atoms with E-state index in [1.54, 1.807) is 17.0 Å². The van der Waals surface area contributed by atoms with E-state index < -0.39 is 10.0 Å². The smallest absolute Gasteiger partial charge is 0.264 e. The molecule has 0 radical (unpaired) electrons. The molecule has 144 valence electrons. The number of piperazine rings is 1. The van der Waals surface area contributed by atoms with Crippen LogP contribution in [0.25, 0.3) is 0 Å². The minimum Gasteiger partial charge on any atom is -0.368 e. The molecule has 1 amide bonds. The van der Waals surface area contributed by atoms with E-state index in [9.17, 15) is 13.2 Å². The summed E-state index contributed by atoms with van der Waals surface area (Å²) >= 11 is 0. The van der Waals surface area contributed by atoms with Gasteiger partial charge in [0.1, 0.15) is 0 Å². The molecule has 2 aromatic carbocycles. The van der Waals surface area contributed by atoms with Crippen LogP contribution in [-0.4, -0.2) is 64.0 Å². The minimum atomic E-state index is -3.71. The van der Waals surface area contributed by atoms with Crippen LogP contribution in [0.2, 0.25) is 0 Å². The van der Waals surface area contributed by atoms with Gasteiger partial charge in [0.05, 0.1) is 12.0 Å². The molecule has 0 atom stereocenters. The maximum atomic E-state index is 12.7. The highest BCUT2D eigenvalue weighted by atomic mass is 32.2. The molecule has 0 N–H and O–H groups in total. The minimum absolute atomic E-state index is 0.0808. The van der Waals surface area contributed by atoms with Gasteiger partial charge in [-0.2, -0.15) is 0 Å². The Kier molecular flexibility index (Phi) is 5.79. The van der Waals surface area contributed by atoms with Gasteiger partial charge in [-0.3, -0.25) is 9.63 Å². The van der Waals surface area contributed by atoms with Gasteiger partial charge in [0.2, 0.25) is 0 Å². The highest BCUT2D eigenvalue weighted by Crippen LogP contribution is 2.19. The number of rotatable bonds is 5. The van der Waals surface area contributed by atoms with Crippen LogP contribution < -0.4 is 4.90 Å². The van der Waals surface area contributed by atoms with E-state index in [-0.39, 0.29) is 10.8 Å². The number of amides is 1. The highest BCUT2D eigenvalue weighted by molar-refractivity contribution is 7.89. The van der Waals surface area contributed by atoms with E-state index in [1.165, 1.54) is 26.3 Å². The third-order valence-electron chi connectivity index (χ3n) is 4.68. The van der Waals surface area contributed by atoms with Crippen molar-refractivity contribution in [2.45, 2.75) is 4.90 Å². The number of nitrogens with zero attached hydrogens (tertiary/aromatic N) is 3. The molecule has 7 nitrogen and oxygen atoms in total. The van der Waals surface area contributed by atoms with E-state index in [0.717, 1.165) is 23.2 Å². The second kappa shape index (κ2) is 8.08. The molecule has 1 aliphatic heterocycles. The molecule has 27 heavy (non-hydrogen) atoms. The van der Waals surface area contributed by atoms with E-state index in [1.807, 2.05) is 18.2 Å². The first-order chi connectivity index (χ1) is 12.9.